The second-order valence-corrected chi connectivity index (χ2v) is 6.05. The van der Waals surface area contributed by atoms with Gasteiger partial charge < -0.3 is 20.9 Å². The van der Waals surface area contributed by atoms with Crippen molar-refractivity contribution in [3.63, 3.8) is 0 Å². The predicted octanol–water partition coefficient (Wildman–Crippen LogP) is 3.23. The zero-order valence-electron chi connectivity index (χ0n) is 12.6. The van der Waals surface area contributed by atoms with Crippen molar-refractivity contribution in [3.05, 3.63) is 34.3 Å². The first-order chi connectivity index (χ1) is 10.5. The van der Waals surface area contributed by atoms with Crippen LogP contribution in [0.2, 0.25) is 5.02 Å². The Morgan fingerprint density at radius 3 is 2.82 bits per heavy atom. The van der Waals surface area contributed by atoms with Gasteiger partial charge in [0.05, 0.1) is 23.6 Å². The number of aromatic nitrogens is 1. The van der Waals surface area contributed by atoms with E-state index in [1.54, 1.807) is 12.1 Å². The number of hydrogen-bond donors (Lipinski definition) is 3. The minimum Gasteiger partial charge on any atom is -0.376 e. The van der Waals surface area contributed by atoms with E-state index in [1.165, 1.54) is 11.3 Å². The lowest BCUT2D eigenvalue weighted by molar-refractivity contribution is 0.251. The van der Waals surface area contributed by atoms with E-state index in [-0.39, 0.29) is 6.03 Å². The molecule has 118 valence electrons. The number of nitrogens with zero attached hydrogens (tertiary/aromatic N) is 2. The lowest BCUT2D eigenvalue weighted by Crippen LogP contribution is -2.29. The van der Waals surface area contributed by atoms with Crippen molar-refractivity contribution in [3.8, 4) is 0 Å². The fourth-order valence-corrected chi connectivity index (χ4v) is 2.68. The molecular formula is C14H18ClN5OS. The molecule has 1 aromatic carbocycles. The highest BCUT2D eigenvalue weighted by Crippen LogP contribution is 2.27. The van der Waals surface area contributed by atoms with Crippen LogP contribution in [0.25, 0.3) is 0 Å². The van der Waals surface area contributed by atoms with E-state index in [9.17, 15) is 4.79 Å². The molecule has 0 saturated heterocycles. The van der Waals surface area contributed by atoms with Crippen LogP contribution in [0.1, 0.15) is 5.69 Å². The van der Waals surface area contributed by atoms with Crippen LogP contribution < -0.4 is 20.9 Å². The summed E-state index contributed by atoms with van der Waals surface area (Å²) in [6, 6.07) is 5.06. The van der Waals surface area contributed by atoms with Gasteiger partial charge >= 0.3 is 6.03 Å². The summed E-state index contributed by atoms with van der Waals surface area (Å²) >= 11 is 7.49. The number of anilines is 3. The Labute approximate surface area is 138 Å². The maximum atomic E-state index is 12.0. The molecule has 0 bridgehead atoms. The van der Waals surface area contributed by atoms with E-state index in [1.807, 2.05) is 37.5 Å². The zero-order chi connectivity index (χ0) is 16.1. The minimum atomic E-state index is -0.302. The van der Waals surface area contributed by atoms with Gasteiger partial charge in [-0.15, -0.1) is 11.3 Å². The topological polar surface area (TPSA) is 69.3 Å². The van der Waals surface area contributed by atoms with Crippen LogP contribution in [0.4, 0.5) is 21.3 Å². The summed E-state index contributed by atoms with van der Waals surface area (Å²) in [7, 11) is 5.62. The molecule has 2 rings (SSSR count). The van der Waals surface area contributed by atoms with E-state index in [2.05, 4.69) is 20.9 Å². The van der Waals surface area contributed by atoms with Crippen molar-refractivity contribution in [2.45, 2.75) is 6.54 Å². The fourth-order valence-electron chi connectivity index (χ4n) is 1.84. The van der Waals surface area contributed by atoms with Gasteiger partial charge in [-0.3, -0.25) is 0 Å². The molecule has 22 heavy (non-hydrogen) atoms. The number of hydrogen-bond acceptors (Lipinski definition) is 5. The number of urea groups is 1. The van der Waals surface area contributed by atoms with Gasteiger partial charge in [0.2, 0.25) is 0 Å². The lowest BCUT2D eigenvalue weighted by atomic mass is 10.2. The molecule has 0 fully saturated rings. The number of rotatable bonds is 5. The van der Waals surface area contributed by atoms with Gasteiger partial charge in [0.1, 0.15) is 0 Å². The predicted molar refractivity (Wildman–Crippen MR) is 93.3 cm³/mol. The Morgan fingerprint density at radius 1 is 1.41 bits per heavy atom. The normalized spacial score (nSPS) is 10.2. The summed E-state index contributed by atoms with van der Waals surface area (Å²) in [5, 5.41) is 11.8. The highest BCUT2D eigenvalue weighted by atomic mass is 35.5. The molecule has 0 aliphatic heterocycles. The van der Waals surface area contributed by atoms with Crippen LogP contribution in [0.15, 0.2) is 23.6 Å². The monoisotopic (exact) mass is 339 g/mol. The van der Waals surface area contributed by atoms with Crippen LogP contribution in [0.5, 0.6) is 0 Å². The van der Waals surface area contributed by atoms with Crippen LogP contribution >= 0.6 is 22.9 Å². The molecule has 6 nitrogen and oxygen atoms in total. The average molecular weight is 340 g/mol. The third kappa shape index (κ3) is 4.25. The van der Waals surface area contributed by atoms with Crippen molar-refractivity contribution < 1.29 is 4.79 Å². The molecule has 1 aromatic heterocycles. The van der Waals surface area contributed by atoms with Crippen LogP contribution in [0.3, 0.4) is 0 Å². The van der Waals surface area contributed by atoms with E-state index in [0.717, 1.165) is 16.5 Å². The summed E-state index contributed by atoms with van der Waals surface area (Å²) in [4.78, 5) is 18.2. The summed E-state index contributed by atoms with van der Waals surface area (Å²) in [5.41, 5.74) is 2.35. The summed E-state index contributed by atoms with van der Waals surface area (Å²) in [6.45, 7) is 0.363. The SMILES string of the molecule is CNc1nc(CNC(=O)Nc2cc(Cl)ccc2N(C)C)cs1. The first-order valence-corrected chi connectivity index (χ1v) is 7.89. The number of halogens is 1. The highest BCUT2D eigenvalue weighted by Gasteiger charge is 2.09. The van der Waals surface area contributed by atoms with Crippen molar-refractivity contribution in [1.29, 1.82) is 0 Å². The standard InChI is InChI=1S/C14H18ClN5OS/c1-16-14-18-10(8-22-14)7-17-13(21)19-11-6-9(15)4-5-12(11)20(2)3/h4-6,8H,7H2,1-3H3,(H,16,18)(H2,17,19,21). The molecule has 0 atom stereocenters. The highest BCUT2D eigenvalue weighted by molar-refractivity contribution is 7.13. The Bertz CT molecular complexity index is 658. The number of carbonyl (C=O) groups is 1. The second kappa shape index (κ2) is 7.33. The summed E-state index contributed by atoms with van der Waals surface area (Å²) in [5.74, 6) is 0. The van der Waals surface area contributed by atoms with E-state index in [4.69, 9.17) is 11.6 Å². The quantitative estimate of drug-likeness (QED) is 0.782. The Balaban J connectivity index is 1.98. The van der Waals surface area contributed by atoms with Gasteiger partial charge in [0, 0.05) is 31.5 Å². The summed E-state index contributed by atoms with van der Waals surface area (Å²) in [6.07, 6.45) is 0. The average Bonchev–Trinajstić information content (AvgIpc) is 2.93. The van der Waals surface area contributed by atoms with Crippen molar-refractivity contribution in [1.82, 2.24) is 10.3 Å². The lowest BCUT2D eigenvalue weighted by Gasteiger charge is -2.18. The Kier molecular flexibility index (Phi) is 5.46. The van der Waals surface area contributed by atoms with Crippen LogP contribution in [-0.4, -0.2) is 32.2 Å². The molecule has 0 radical (unpaired) electrons. The number of benzene rings is 1. The molecule has 1 heterocycles. The molecule has 2 amide bonds. The van der Waals surface area contributed by atoms with E-state index in [0.29, 0.717) is 17.3 Å². The Hall–Kier alpha value is -1.99. The van der Waals surface area contributed by atoms with Gasteiger partial charge in [-0.1, -0.05) is 11.6 Å². The van der Waals surface area contributed by atoms with E-state index < -0.39 is 0 Å². The second-order valence-electron chi connectivity index (χ2n) is 4.76. The van der Waals surface area contributed by atoms with Crippen LogP contribution in [0, 0.1) is 0 Å². The fraction of sp³-hybridized carbons (Fsp3) is 0.286. The molecule has 0 aliphatic carbocycles. The first kappa shape index (κ1) is 16.4. The van der Waals surface area contributed by atoms with Gasteiger partial charge in [-0.25, -0.2) is 9.78 Å². The maximum Gasteiger partial charge on any atom is 0.319 e. The number of amides is 2. The van der Waals surface area contributed by atoms with Gasteiger partial charge in [-0.2, -0.15) is 0 Å². The summed E-state index contributed by atoms with van der Waals surface area (Å²) < 4.78 is 0. The molecular weight excluding hydrogens is 322 g/mol. The Morgan fingerprint density at radius 2 is 2.18 bits per heavy atom. The zero-order valence-corrected chi connectivity index (χ0v) is 14.2. The van der Waals surface area contributed by atoms with Crippen molar-refractivity contribution in [2.75, 3.05) is 36.7 Å². The molecule has 0 spiro atoms. The van der Waals surface area contributed by atoms with Crippen LogP contribution in [-0.2, 0) is 6.54 Å². The van der Waals surface area contributed by atoms with Crippen molar-refractivity contribution in [2.24, 2.45) is 0 Å². The number of nitrogens with one attached hydrogen (secondary N) is 3. The largest absolute Gasteiger partial charge is 0.376 e. The number of thiazole rings is 1. The minimum absolute atomic E-state index is 0.302. The molecule has 2 aromatic rings. The van der Waals surface area contributed by atoms with Gasteiger partial charge in [0.25, 0.3) is 0 Å². The maximum absolute atomic E-state index is 12.0. The number of carbonyl (C=O) groups excluding carboxylic acids is 1. The van der Waals surface area contributed by atoms with E-state index >= 15 is 0 Å². The molecule has 0 saturated carbocycles. The van der Waals surface area contributed by atoms with Gasteiger partial charge in [-0.05, 0) is 18.2 Å². The smallest absolute Gasteiger partial charge is 0.319 e. The first-order valence-electron chi connectivity index (χ1n) is 6.63. The molecule has 0 aliphatic rings. The molecule has 3 N–H and O–H groups in total. The van der Waals surface area contributed by atoms with Gasteiger partial charge in [0.15, 0.2) is 5.13 Å². The molecule has 0 unspecified atom stereocenters. The van der Waals surface area contributed by atoms with Crippen molar-refractivity contribution >= 4 is 45.5 Å². The third-order valence-corrected chi connectivity index (χ3v) is 4.03. The third-order valence-electron chi connectivity index (χ3n) is 2.88. The molecule has 8 heteroatoms.